The molecule has 0 fully saturated rings. The highest BCUT2D eigenvalue weighted by Gasteiger charge is 2.20. The minimum absolute atomic E-state index is 0.0175. The molecule has 3 aromatic rings. The van der Waals surface area contributed by atoms with Gasteiger partial charge in [0.05, 0.1) is 5.56 Å². The lowest BCUT2D eigenvalue weighted by atomic mass is 10.0. The predicted molar refractivity (Wildman–Crippen MR) is 118 cm³/mol. The van der Waals surface area contributed by atoms with Gasteiger partial charge in [0.25, 0.3) is 5.91 Å². The Kier molecular flexibility index (Phi) is 7.06. The standard InChI is InChI=1S/C23H28N6O/c1-5-12-29(13-11-24-21-15-17(3)27-18(4)28-21)23(30)19-8-7-16(2)14-20(19)22-25-9-6-10-26-22/h6-10,14-15H,5,11-13H2,1-4H3,(H,24,27,28). The molecule has 0 spiro atoms. The van der Waals surface area contributed by atoms with Crippen LogP contribution in [0.3, 0.4) is 0 Å². The van der Waals surface area contributed by atoms with Gasteiger partial charge in [-0.3, -0.25) is 4.79 Å². The molecule has 0 aliphatic heterocycles. The minimum atomic E-state index is -0.0175. The van der Waals surface area contributed by atoms with Gasteiger partial charge in [0, 0.05) is 49.4 Å². The second-order valence-electron chi connectivity index (χ2n) is 7.28. The van der Waals surface area contributed by atoms with Crippen LogP contribution in [0.15, 0.2) is 42.7 Å². The second-order valence-corrected chi connectivity index (χ2v) is 7.28. The van der Waals surface area contributed by atoms with Crippen LogP contribution in [0, 0.1) is 20.8 Å². The minimum Gasteiger partial charge on any atom is -0.368 e. The first-order chi connectivity index (χ1) is 14.5. The van der Waals surface area contributed by atoms with Crippen LogP contribution >= 0.6 is 0 Å². The van der Waals surface area contributed by atoms with Crippen molar-refractivity contribution in [2.45, 2.75) is 34.1 Å². The fraction of sp³-hybridized carbons (Fsp3) is 0.348. The highest BCUT2D eigenvalue weighted by atomic mass is 16.2. The zero-order chi connectivity index (χ0) is 21.5. The number of rotatable bonds is 8. The lowest BCUT2D eigenvalue weighted by molar-refractivity contribution is 0.0762. The van der Waals surface area contributed by atoms with Crippen LogP contribution in [0.1, 0.15) is 40.8 Å². The summed E-state index contributed by atoms with van der Waals surface area (Å²) in [6, 6.07) is 9.47. The van der Waals surface area contributed by atoms with E-state index in [1.54, 1.807) is 18.5 Å². The van der Waals surface area contributed by atoms with Crippen LogP contribution in [-0.4, -0.2) is 50.4 Å². The van der Waals surface area contributed by atoms with E-state index in [1.165, 1.54) is 0 Å². The summed E-state index contributed by atoms with van der Waals surface area (Å²) in [6.45, 7) is 9.72. The van der Waals surface area contributed by atoms with E-state index in [2.05, 4.69) is 32.2 Å². The summed E-state index contributed by atoms with van der Waals surface area (Å²) in [5.74, 6) is 2.05. The molecule has 0 bridgehead atoms. The van der Waals surface area contributed by atoms with Gasteiger partial charge in [0.2, 0.25) is 0 Å². The molecule has 0 radical (unpaired) electrons. The number of nitrogens with one attached hydrogen (secondary N) is 1. The SMILES string of the molecule is CCCN(CCNc1cc(C)nc(C)n1)C(=O)c1ccc(C)cc1-c1ncccn1. The molecule has 0 aliphatic carbocycles. The number of aryl methyl sites for hydroxylation is 3. The maximum Gasteiger partial charge on any atom is 0.254 e. The van der Waals surface area contributed by atoms with Crippen LogP contribution in [-0.2, 0) is 0 Å². The molecule has 0 saturated carbocycles. The molecule has 2 aromatic heterocycles. The van der Waals surface area contributed by atoms with Gasteiger partial charge in [-0.2, -0.15) is 0 Å². The first-order valence-electron chi connectivity index (χ1n) is 10.2. The Bertz CT molecular complexity index is 986. The normalized spacial score (nSPS) is 10.7. The van der Waals surface area contributed by atoms with Crippen LogP contribution in [0.4, 0.5) is 5.82 Å². The van der Waals surface area contributed by atoms with Gasteiger partial charge in [-0.15, -0.1) is 0 Å². The lowest BCUT2D eigenvalue weighted by Crippen LogP contribution is -2.36. The number of hydrogen-bond acceptors (Lipinski definition) is 6. The molecule has 1 N–H and O–H groups in total. The number of amides is 1. The lowest BCUT2D eigenvalue weighted by Gasteiger charge is -2.24. The Morgan fingerprint density at radius 3 is 2.50 bits per heavy atom. The van der Waals surface area contributed by atoms with Gasteiger partial charge in [-0.25, -0.2) is 19.9 Å². The van der Waals surface area contributed by atoms with Gasteiger partial charge in [0.15, 0.2) is 5.82 Å². The van der Waals surface area contributed by atoms with E-state index < -0.39 is 0 Å². The number of aromatic nitrogens is 4. The van der Waals surface area contributed by atoms with Crippen LogP contribution < -0.4 is 5.32 Å². The molecule has 0 aliphatic rings. The van der Waals surface area contributed by atoms with Crippen molar-refractivity contribution in [3.63, 3.8) is 0 Å². The largest absolute Gasteiger partial charge is 0.368 e. The molecule has 30 heavy (non-hydrogen) atoms. The van der Waals surface area contributed by atoms with Crippen LogP contribution in [0.25, 0.3) is 11.4 Å². The molecular formula is C23H28N6O. The topological polar surface area (TPSA) is 83.9 Å². The Morgan fingerprint density at radius 1 is 1.03 bits per heavy atom. The third-order valence-corrected chi connectivity index (χ3v) is 4.65. The summed E-state index contributed by atoms with van der Waals surface area (Å²) >= 11 is 0. The van der Waals surface area contributed by atoms with Crippen LogP contribution in [0.2, 0.25) is 0 Å². The molecule has 3 rings (SSSR count). The summed E-state index contributed by atoms with van der Waals surface area (Å²) in [5, 5.41) is 3.31. The maximum atomic E-state index is 13.4. The monoisotopic (exact) mass is 404 g/mol. The van der Waals surface area contributed by atoms with Crippen molar-refractivity contribution in [2.75, 3.05) is 25.0 Å². The summed E-state index contributed by atoms with van der Waals surface area (Å²) in [4.78, 5) is 32.7. The molecule has 7 heteroatoms. The van der Waals surface area contributed by atoms with Crippen molar-refractivity contribution < 1.29 is 4.79 Å². The fourth-order valence-corrected chi connectivity index (χ4v) is 3.35. The van der Waals surface area contributed by atoms with Crippen molar-refractivity contribution in [1.29, 1.82) is 0 Å². The van der Waals surface area contributed by atoms with Crippen molar-refractivity contribution in [2.24, 2.45) is 0 Å². The molecule has 7 nitrogen and oxygen atoms in total. The van der Waals surface area contributed by atoms with E-state index in [0.717, 1.165) is 34.9 Å². The number of hydrogen-bond donors (Lipinski definition) is 1. The molecule has 0 atom stereocenters. The summed E-state index contributed by atoms with van der Waals surface area (Å²) < 4.78 is 0. The zero-order valence-electron chi connectivity index (χ0n) is 18.0. The molecule has 0 unspecified atom stereocenters. The highest BCUT2D eigenvalue weighted by Crippen LogP contribution is 2.23. The molecule has 156 valence electrons. The van der Waals surface area contributed by atoms with Gasteiger partial charge in [0.1, 0.15) is 11.6 Å². The summed E-state index contributed by atoms with van der Waals surface area (Å²) in [7, 11) is 0. The van der Waals surface area contributed by atoms with Crippen molar-refractivity contribution in [3.05, 3.63) is 65.4 Å². The Balaban J connectivity index is 1.78. The van der Waals surface area contributed by atoms with Gasteiger partial charge < -0.3 is 10.2 Å². The predicted octanol–water partition coefficient (Wildman–Crippen LogP) is 3.82. The maximum absolute atomic E-state index is 13.4. The smallest absolute Gasteiger partial charge is 0.254 e. The Morgan fingerprint density at radius 2 is 1.80 bits per heavy atom. The second kappa shape index (κ2) is 9.91. The van der Waals surface area contributed by atoms with Crippen molar-refractivity contribution in [3.8, 4) is 11.4 Å². The summed E-state index contributed by atoms with van der Waals surface area (Å²) in [5.41, 5.74) is 3.36. The van der Waals surface area contributed by atoms with E-state index in [1.807, 2.05) is 49.9 Å². The van der Waals surface area contributed by atoms with Crippen molar-refractivity contribution >= 4 is 11.7 Å². The third kappa shape index (κ3) is 5.37. The van der Waals surface area contributed by atoms with E-state index in [-0.39, 0.29) is 5.91 Å². The first kappa shape index (κ1) is 21.4. The third-order valence-electron chi connectivity index (χ3n) is 4.65. The number of carbonyl (C=O) groups excluding carboxylic acids is 1. The van der Waals surface area contributed by atoms with Gasteiger partial charge in [-0.05, 0) is 45.4 Å². The van der Waals surface area contributed by atoms with Gasteiger partial charge >= 0.3 is 0 Å². The molecule has 0 saturated heterocycles. The molecule has 1 aromatic carbocycles. The number of nitrogens with zero attached hydrogens (tertiary/aromatic N) is 5. The highest BCUT2D eigenvalue weighted by molar-refractivity contribution is 6.00. The van der Waals surface area contributed by atoms with E-state index >= 15 is 0 Å². The number of anilines is 1. The molecular weight excluding hydrogens is 376 g/mol. The quantitative estimate of drug-likeness (QED) is 0.614. The fourth-order valence-electron chi connectivity index (χ4n) is 3.35. The molecule has 2 heterocycles. The van der Waals surface area contributed by atoms with Gasteiger partial charge in [-0.1, -0.05) is 18.6 Å². The first-order valence-corrected chi connectivity index (χ1v) is 10.2. The zero-order valence-corrected chi connectivity index (χ0v) is 18.0. The van der Waals surface area contributed by atoms with E-state index in [4.69, 9.17) is 0 Å². The van der Waals surface area contributed by atoms with E-state index in [9.17, 15) is 4.79 Å². The average Bonchev–Trinajstić information content (AvgIpc) is 2.72. The summed E-state index contributed by atoms with van der Waals surface area (Å²) in [6.07, 6.45) is 4.26. The Hall–Kier alpha value is -3.35. The Labute approximate surface area is 177 Å². The molecule has 1 amide bonds. The van der Waals surface area contributed by atoms with Crippen molar-refractivity contribution in [1.82, 2.24) is 24.8 Å². The number of benzene rings is 1. The van der Waals surface area contributed by atoms with Crippen LogP contribution in [0.5, 0.6) is 0 Å². The van der Waals surface area contributed by atoms with E-state index in [0.29, 0.717) is 31.0 Å². The number of carbonyl (C=O) groups is 1. The average molecular weight is 405 g/mol.